The van der Waals surface area contributed by atoms with Crippen LogP contribution in [0.5, 0.6) is 0 Å². The Morgan fingerprint density at radius 2 is 2.25 bits per heavy atom. The lowest BCUT2D eigenvalue weighted by atomic mass is 10.4. The van der Waals surface area contributed by atoms with E-state index in [1.54, 1.807) is 6.92 Å². The summed E-state index contributed by atoms with van der Waals surface area (Å²) in [5.74, 6) is -1.33. The molecule has 1 aliphatic rings. The Balaban J connectivity index is 2.64. The van der Waals surface area contributed by atoms with E-state index in [4.69, 9.17) is 0 Å². The van der Waals surface area contributed by atoms with Crippen LogP contribution in [-0.4, -0.2) is 17.7 Å². The SMILES string of the molecule is CCC(=O)NC1=CC(=O)NC1=O. The van der Waals surface area contributed by atoms with Crippen molar-refractivity contribution in [2.45, 2.75) is 13.3 Å². The van der Waals surface area contributed by atoms with Crippen molar-refractivity contribution in [2.24, 2.45) is 0 Å². The van der Waals surface area contributed by atoms with Crippen molar-refractivity contribution in [1.29, 1.82) is 0 Å². The number of hydrogen-bond acceptors (Lipinski definition) is 3. The zero-order valence-corrected chi connectivity index (χ0v) is 6.51. The maximum absolute atomic E-state index is 10.8. The van der Waals surface area contributed by atoms with Crippen LogP contribution in [0.4, 0.5) is 0 Å². The van der Waals surface area contributed by atoms with Crippen molar-refractivity contribution in [3.63, 3.8) is 0 Å². The van der Waals surface area contributed by atoms with Gasteiger partial charge in [-0.1, -0.05) is 6.92 Å². The van der Waals surface area contributed by atoms with E-state index in [1.165, 1.54) is 0 Å². The van der Waals surface area contributed by atoms with Crippen LogP contribution < -0.4 is 10.6 Å². The number of rotatable bonds is 2. The second kappa shape index (κ2) is 3.17. The van der Waals surface area contributed by atoms with Crippen LogP contribution in [0.3, 0.4) is 0 Å². The van der Waals surface area contributed by atoms with Crippen LogP contribution in [0.1, 0.15) is 13.3 Å². The minimum Gasteiger partial charge on any atom is -0.321 e. The predicted octanol–water partition coefficient (Wildman–Crippen LogP) is -0.947. The maximum Gasteiger partial charge on any atom is 0.274 e. The second-order valence-electron chi connectivity index (χ2n) is 2.28. The average Bonchev–Trinajstić information content (AvgIpc) is 2.30. The van der Waals surface area contributed by atoms with Crippen molar-refractivity contribution in [3.8, 4) is 0 Å². The van der Waals surface area contributed by atoms with Crippen LogP contribution >= 0.6 is 0 Å². The van der Waals surface area contributed by atoms with E-state index in [1.807, 2.05) is 5.32 Å². The van der Waals surface area contributed by atoms with Crippen LogP contribution in [0.2, 0.25) is 0 Å². The quantitative estimate of drug-likeness (QED) is 0.522. The van der Waals surface area contributed by atoms with Crippen molar-refractivity contribution in [1.82, 2.24) is 10.6 Å². The smallest absolute Gasteiger partial charge is 0.274 e. The molecule has 12 heavy (non-hydrogen) atoms. The minimum absolute atomic E-state index is 0.0202. The molecule has 0 bridgehead atoms. The first-order valence-electron chi connectivity index (χ1n) is 3.50. The molecule has 5 heteroatoms. The molecule has 0 radical (unpaired) electrons. The Bertz CT molecular complexity index is 280. The molecule has 0 atom stereocenters. The van der Waals surface area contributed by atoms with Gasteiger partial charge in [-0.2, -0.15) is 0 Å². The number of carbonyl (C=O) groups excluding carboxylic acids is 3. The van der Waals surface area contributed by atoms with E-state index < -0.39 is 11.8 Å². The first kappa shape index (κ1) is 8.45. The van der Waals surface area contributed by atoms with Gasteiger partial charge in [0, 0.05) is 12.5 Å². The highest BCUT2D eigenvalue weighted by molar-refractivity contribution is 6.17. The lowest BCUT2D eigenvalue weighted by Crippen LogP contribution is -2.30. The number of amides is 3. The van der Waals surface area contributed by atoms with E-state index in [0.29, 0.717) is 0 Å². The van der Waals surface area contributed by atoms with Gasteiger partial charge < -0.3 is 5.32 Å². The standard InChI is InChI=1S/C7H8N2O3/c1-2-5(10)8-4-3-6(11)9-7(4)12/h3H,2H2,1H3,(H2,8,9,10,11,12). The Kier molecular flexibility index (Phi) is 2.23. The van der Waals surface area contributed by atoms with Gasteiger partial charge in [0.05, 0.1) is 0 Å². The molecular formula is C7H8N2O3. The summed E-state index contributed by atoms with van der Waals surface area (Å²) >= 11 is 0. The van der Waals surface area contributed by atoms with Crippen LogP contribution in [0.25, 0.3) is 0 Å². The van der Waals surface area contributed by atoms with Crippen molar-refractivity contribution >= 4 is 17.7 Å². The average molecular weight is 168 g/mol. The summed E-state index contributed by atoms with van der Waals surface area (Å²) in [6.07, 6.45) is 1.34. The fourth-order valence-corrected chi connectivity index (χ4v) is 0.743. The molecule has 0 aromatic carbocycles. The molecule has 0 aliphatic carbocycles. The molecular weight excluding hydrogens is 160 g/mol. The van der Waals surface area contributed by atoms with Crippen LogP contribution in [-0.2, 0) is 14.4 Å². The first-order chi connectivity index (χ1) is 5.63. The summed E-state index contributed by atoms with van der Waals surface area (Å²) in [5, 5.41) is 4.31. The molecule has 0 saturated carbocycles. The lowest BCUT2D eigenvalue weighted by molar-refractivity contribution is -0.126. The van der Waals surface area contributed by atoms with Crippen LogP contribution in [0, 0.1) is 0 Å². The number of carbonyl (C=O) groups is 3. The van der Waals surface area contributed by atoms with E-state index in [-0.39, 0.29) is 18.0 Å². The van der Waals surface area contributed by atoms with Gasteiger partial charge in [-0.05, 0) is 0 Å². The molecule has 0 unspecified atom stereocenters. The molecule has 1 heterocycles. The lowest BCUT2D eigenvalue weighted by Gasteiger charge is -1.99. The molecule has 0 fully saturated rings. The molecule has 0 aromatic heterocycles. The summed E-state index contributed by atoms with van der Waals surface area (Å²) in [6.45, 7) is 1.66. The highest BCUT2D eigenvalue weighted by Crippen LogP contribution is 1.97. The molecule has 1 aliphatic heterocycles. The highest BCUT2D eigenvalue weighted by Gasteiger charge is 2.21. The van der Waals surface area contributed by atoms with Crippen molar-refractivity contribution < 1.29 is 14.4 Å². The molecule has 0 aromatic rings. The van der Waals surface area contributed by atoms with E-state index in [2.05, 4.69) is 5.32 Å². The van der Waals surface area contributed by atoms with Gasteiger partial charge in [0.25, 0.3) is 11.8 Å². The normalized spacial score (nSPS) is 15.6. The molecule has 64 valence electrons. The predicted molar refractivity (Wildman–Crippen MR) is 39.7 cm³/mol. The molecule has 2 N–H and O–H groups in total. The molecule has 1 rings (SSSR count). The van der Waals surface area contributed by atoms with Gasteiger partial charge >= 0.3 is 0 Å². The fourth-order valence-electron chi connectivity index (χ4n) is 0.743. The number of imide groups is 1. The zero-order chi connectivity index (χ0) is 9.14. The summed E-state index contributed by atoms with van der Waals surface area (Å²) in [6, 6.07) is 0. The molecule has 0 saturated heterocycles. The van der Waals surface area contributed by atoms with E-state index in [0.717, 1.165) is 6.08 Å². The highest BCUT2D eigenvalue weighted by atomic mass is 16.2. The van der Waals surface area contributed by atoms with Gasteiger partial charge in [0.1, 0.15) is 5.70 Å². The zero-order valence-electron chi connectivity index (χ0n) is 6.51. The van der Waals surface area contributed by atoms with Gasteiger partial charge in [-0.25, -0.2) is 0 Å². The molecule has 3 amide bonds. The Hall–Kier alpha value is -1.65. The van der Waals surface area contributed by atoms with E-state index in [9.17, 15) is 14.4 Å². The van der Waals surface area contributed by atoms with Gasteiger partial charge in [-0.15, -0.1) is 0 Å². The van der Waals surface area contributed by atoms with Crippen molar-refractivity contribution in [3.05, 3.63) is 11.8 Å². The Labute approximate surface area is 68.8 Å². The summed E-state index contributed by atoms with van der Waals surface area (Å²) in [5.41, 5.74) is 0.0202. The van der Waals surface area contributed by atoms with Gasteiger partial charge in [-0.3, -0.25) is 19.7 Å². The number of hydrogen-bond donors (Lipinski definition) is 2. The minimum atomic E-state index is -0.554. The second-order valence-corrected chi connectivity index (χ2v) is 2.28. The van der Waals surface area contributed by atoms with Gasteiger partial charge in [0.2, 0.25) is 5.91 Å². The molecule has 0 spiro atoms. The van der Waals surface area contributed by atoms with E-state index >= 15 is 0 Å². The third kappa shape index (κ3) is 1.69. The maximum atomic E-state index is 10.8. The number of nitrogens with one attached hydrogen (secondary N) is 2. The monoisotopic (exact) mass is 168 g/mol. The Morgan fingerprint density at radius 3 is 2.67 bits per heavy atom. The topological polar surface area (TPSA) is 75.3 Å². The van der Waals surface area contributed by atoms with Gasteiger partial charge in [0.15, 0.2) is 0 Å². The largest absolute Gasteiger partial charge is 0.321 e. The summed E-state index contributed by atoms with van der Waals surface area (Å²) in [7, 11) is 0. The first-order valence-corrected chi connectivity index (χ1v) is 3.50. The summed E-state index contributed by atoms with van der Waals surface area (Å²) < 4.78 is 0. The molecule has 5 nitrogen and oxygen atoms in total. The fraction of sp³-hybridized carbons (Fsp3) is 0.286. The Morgan fingerprint density at radius 1 is 1.58 bits per heavy atom. The summed E-state index contributed by atoms with van der Waals surface area (Å²) in [4.78, 5) is 32.2. The third-order valence-electron chi connectivity index (χ3n) is 1.35. The van der Waals surface area contributed by atoms with Crippen molar-refractivity contribution in [2.75, 3.05) is 0 Å². The van der Waals surface area contributed by atoms with Crippen LogP contribution in [0.15, 0.2) is 11.8 Å². The third-order valence-corrected chi connectivity index (χ3v) is 1.35.